The Kier molecular flexibility index (Phi) is 5.46. The molecular weight excluding hydrogens is 368 g/mol. The summed E-state index contributed by atoms with van der Waals surface area (Å²) < 4.78 is 1.03. The van der Waals surface area contributed by atoms with Crippen LogP contribution in [-0.4, -0.2) is 22.8 Å². The molecule has 0 spiro atoms. The lowest BCUT2D eigenvalue weighted by Gasteiger charge is -2.13. The summed E-state index contributed by atoms with van der Waals surface area (Å²) in [4.78, 5) is 24.8. The van der Waals surface area contributed by atoms with Gasteiger partial charge in [-0.3, -0.25) is 14.9 Å². The van der Waals surface area contributed by atoms with Gasteiger partial charge in [-0.2, -0.15) is 0 Å². The smallest absolute Gasteiger partial charge is 0.269 e. The van der Waals surface area contributed by atoms with Crippen molar-refractivity contribution in [2.75, 3.05) is 7.05 Å². The monoisotopic (exact) mass is 380 g/mol. The maximum atomic E-state index is 12.0. The number of carbonyl (C=O) groups is 1. The molecule has 114 valence electrons. The second kappa shape index (κ2) is 7.33. The third-order valence-corrected chi connectivity index (χ3v) is 4.53. The molecule has 1 aromatic carbocycles. The van der Waals surface area contributed by atoms with Gasteiger partial charge in [0.25, 0.3) is 5.69 Å². The van der Waals surface area contributed by atoms with Crippen molar-refractivity contribution in [2.45, 2.75) is 6.54 Å². The molecule has 22 heavy (non-hydrogen) atoms. The van der Waals surface area contributed by atoms with Crippen LogP contribution in [0.15, 0.2) is 46.3 Å². The SMILES string of the molecule is CN(Cc1ccc(Br)s1)C(=O)/C=C/c1ccc([N+](=O)[O-])cc1. The average molecular weight is 381 g/mol. The molecule has 1 aromatic heterocycles. The molecule has 0 saturated carbocycles. The standard InChI is InChI=1S/C15H13BrN2O3S/c1-17(10-13-7-8-14(16)22-13)15(19)9-4-11-2-5-12(6-3-11)18(20)21/h2-9H,10H2,1H3/b9-4+. The molecule has 0 fully saturated rings. The molecule has 0 aliphatic rings. The molecule has 0 N–H and O–H groups in total. The molecule has 0 bridgehead atoms. The van der Waals surface area contributed by atoms with Crippen molar-refractivity contribution in [1.82, 2.24) is 4.90 Å². The molecule has 1 amide bonds. The summed E-state index contributed by atoms with van der Waals surface area (Å²) >= 11 is 4.98. The maximum Gasteiger partial charge on any atom is 0.269 e. The number of likely N-dealkylation sites (N-methyl/N-ethyl adjacent to an activating group) is 1. The van der Waals surface area contributed by atoms with E-state index < -0.39 is 4.92 Å². The molecule has 0 atom stereocenters. The van der Waals surface area contributed by atoms with Crippen molar-refractivity contribution in [1.29, 1.82) is 0 Å². The molecule has 0 aliphatic heterocycles. The van der Waals surface area contributed by atoms with E-state index in [1.165, 1.54) is 18.2 Å². The van der Waals surface area contributed by atoms with E-state index in [1.54, 1.807) is 41.5 Å². The lowest BCUT2D eigenvalue weighted by Crippen LogP contribution is -2.23. The number of hydrogen-bond donors (Lipinski definition) is 0. The highest BCUT2D eigenvalue weighted by Crippen LogP contribution is 2.23. The first-order valence-electron chi connectivity index (χ1n) is 6.37. The minimum absolute atomic E-state index is 0.0314. The fourth-order valence-electron chi connectivity index (χ4n) is 1.75. The maximum absolute atomic E-state index is 12.0. The Balaban J connectivity index is 1.96. The van der Waals surface area contributed by atoms with Crippen LogP contribution in [0.4, 0.5) is 5.69 Å². The quantitative estimate of drug-likeness (QED) is 0.445. The summed E-state index contributed by atoms with van der Waals surface area (Å²) in [6.07, 6.45) is 3.11. The van der Waals surface area contributed by atoms with E-state index in [9.17, 15) is 14.9 Å². The molecule has 0 aliphatic carbocycles. The number of carbonyl (C=O) groups excluding carboxylic acids is 1. The summed E-state index contributed by atoms with van der Waals surface area (Å²) in [7, 11) is 1.73. The zero-order chi connectivity index (χ0) is 16.1. The normalized spacial score (nSPS) is 10.8. The van der Waals surface area contributed by atoms with Gasteiger partial charge in [-0.1, -0.05) is 0 Å². The van der Waals surface area contributed by atoms with Crippen molar-refractivity contribution < 1.29 is 9.72 Å². The van der Waals surface area contributed by atoms with Crippen LogP contribution in [-0.2, 0) is 11.3 Å². The molecule has 2 rings (SSSR count). The van der Waals surface area contributed by atoms with Gasteiger partial charge in [0, 0.05) is 30.1 Å². The number of nitro benzene ring substituents is 1. The number of rotatable bonds is 5. The number of hydrogen-bond acceptors (Lipinski definition) is 4. The summed E-state index contributed by atoms with van der Waals surface area (Å²) in [6, 6.07) is 9.97. The van der Waals surface area contributed by atoms with E-state index in [0.717, 1.165) is 14.2 Å². The zero-order valence-corrected chi connectivity index (χ0v) is 14.1. The second-order valence-electron chi connectivity index (χ2n) is 4.58. The van der Waals surface area contributed by atoms with Gasteiger partial charge in [0.15, 0.2) is 0 Å². The molecule has 0 radical (unpaired) electrons. The predicted octanol–water partition coefficient (Wildman–Crippen LogP) is 4.09. The fourth-order valence-corrected chi connectivity index (χ4v) is 3.29. The average Bonchev–Trinajstić information content (AvgIpc) is 2.90. The molecular formula is C15H13BrN2O3S. The summed E-state index contributed by atoms with van der Waals surface area (Å²) in [6.45, 7) is 0.541. The molecule has 2 aromatic rings. The number of amides is 1. The van der Waals surface area contributed by atoms with E-state index in [2.05, 4.69) is 15.9 Å². The van der Waals surface area contributed by atoms with Crippen LogP contribution >= 0.6 is 27.3 Å². The fraction of sp³-hybridized carbons (Fsp3) is 0.133. The molecule has 1 heterocycles. The largest absolute Gasteiger partial charge is 0.337 e. The lowest BCUT2D eigenvalue weighted by atomic mass is 10.2. The van der Waals surface area contributed by atoms with Gasteiger partial charge in [0.2, 0.25) is 5.91 Å². The number of nitrogens with zero attached hydrogens (tertiary/aromatic N) is 2. The van der Waals surface area contributed by atoms with E-state index in [0.29, 0.717) is 6.54 Å². The topological polar surface area (TPSA) is 63.5 Å². The van der Waals surface area contributed by atoms with Crippen LogP contribution in [0, 0.1) is 10.1 Å². The number of non-ortho nitro benzene ring substituents is 1. The Morgan fingerprint density at radius 1 is 1.32 bits per heavy atom. The predicted molar refractivity (Wildman–Crippen MR) is 90.6 cm³/mol. The van der Waals surface area contributed by atoms with Crippen molar-refractivity contribution >= 4 is 44.9 Å². The molecule has 0 saturated heterocycles. The van der Waals surface area contributed by atoms with Crippen molar-refractivity contribution in [3.63, 3.8) is 0 Å². The van der Waals surface area contributed by atoms with Crippen LogP contribution in [0.1, 0.15) is 10.4 Å². The van der Waals surface area contributed by atoms with Crippen LogP contribution in [0.25, 0.3) is 6.08 Å². The third-order valence-electron chi connectivity index (χ3n) is 2.92. The van der Waals surface area contributed by atoms with E-state index >= 15 is 0 Å². The van der Waals surface area contributed by atoms with Gasteiger partial charge in [-0.05, 0) is 51.8 Å². The highest BCUT2D eigenvalue weighted by molar-refractivity contribution is 9.11. The number of thiophene rings is 1. The highest BCUT2D eigenvalue weighted by Gasteiger charge is 2.08. The van der Waals surface area contributed by atoms with Crippen molar-refractivity contribution in [2.24, 2.45) is 0 Å². The van der Waals surface area contributed by atoms with Gasteiger partial charge in [-0.25, -0.2) is 0 Å². The Bertz CT molecular complexity index is 710. The first-order chi connectivity index (χ1) is 10.5. The lowest BCUT2D eigenvalue weighted by molar-refractivity contribution is -0.384. The van der Waals surface area contributed by atoms with Gasteiger partial charge >= 0.3 is 0 Å². The van der Waals surface area contributed by atoms with Gasteiger partial charge in [0.1, 0.15) is 0 Å². The van der Waals surface area contributed by atoms with E-state index in [-0.39, 0.29) is 11.6 Å². The van der Waals surface area contributed by atoms with E-state index in [1.807, 2.05) is 12.1 Å². The molecule has 5 nitrogen and oxygen atoms in total. The van der Waals surface area contributed by atoms with Gasteiger partial charge < -0.3 is 4.90 Å². The van der Waals surface area contributed by atoms with Crippen molar-refractivity contribution in [3.8, 4) is 0 Å². The minimum Gasteiger partial charge on any atom is -0.337 e. The highest BCUT2D eigenvalue weighted by atomic mass is 79.9. The van der Waals surface area contributed by atoms with Gasteiger partial charge in [-0.15, -0.1) is 11.3 Å². The summed E-state index contributed by atoms with van der Waals surface area (Å²) in [5.74, 6) is -0.122. The minimum atomic E-state index is -0.453. The molecule has 0 unspecified atom stereocenters. The summed E-state index contributed by atoms with van der Waals surface area (Å²) in [5.41, 5.74) is 0.773. The van der Waals surface area contributed by atoms with E-state index in [4.69, 9.17) is 0 Å². The number of nitro groups is 1. The number of halogens is 1. The molecule has 7 heteroatoms. The first-order valence-corrected chi connectivity index (χ1v) is 7.98. The van der Waals surface area contributed by atoms with Gasteiger partial charge in [0.05, 0.1) is 15.3 Å². The van der Waals surface area contributed by atoms with Crippen molar-refractivity contribution in [3.05, 3.63) is 66.8 Å². The Hall–Kier alpha value is -1.99. The number of benzene rings is 1. The second-order valence-corrected chi connectivity index (χ2v) is 7.13. The Morgan fingerprint density at radius 3 is 2.55 bits per heavy atom. The van der Waals surface area contributed by atoms with Crippen LogP contribution in [0.2, 0.25) is 0 Å². The van der Waals surface area contributed by atoms with Crippen LogP contribution in [0.5, 0.6) is 0 Å². The third kappa shape index (κ3) is 4.51. The first kappa shape index (κ1) is 16.4. The summed E-state index contributed by atoms with van der Waals surface area (Å²) in [5, 5.41) is 10.6. The van der Waals surface area contributed by atoms with Crippen LogP contribution < -0.4 is 0 Å². The Labute approximate surface area is 140 Å². The van der Waals surface area contributed by atoms with Crippen LogP contribution in [0.3, 0.4) is 0 Å². The zero-order valence-electron chi connectivity index (χ0n) is 11.7. The Morgan fingerprint density at radius 2 is 2.00 bits per heavy atom.